The Bertz CT molecular complexity index is 588. The highest BCUT2D eigenvalue weighted by Gasteiger charge is 2.24. The molecule has 1 N–H and O–H groups in total. The number of para-hydroxylation sites is 2. The topological polar surface area (TPSA) is 43.4 Å². The van der Waals surface area contributed by atoms with E-state index >= 15 is 0 Å². The van der Waals surface area contributed by atoms with Crippen LogP contribution in [0.3, 0.4) is 0 Å². The Morgan fingerprint density at radius 2 is 2.20 bits per heavy atom. The summed E-state index contributed by atoms with van der Waals surface area (Å²) >= 11 is 1.56. The predicted octanol–water partition coefficient (Wildman–Crippen LogP) is 3.68. The molecule has 0 fully saturated rings. The van der Waals surface area contributed by atoms with Gasteiger partial charge in [0.2, 0.25) is 0 Å². The van der Waals surface area contributed by atoms with Crippen LogP contribution in [0.4, 0.5) is 5.13 Å². The lowest BCUT2D eigenvalue weighted by Crippen LogP contribution is -2.21. The Hall–Kier alpha value is -1.72. The average molecular weight is 311 g/mol. The second-order valence-electron chi connectivity index (χ2n) is 4.11. The summed E-state index contributed by atoms with van der Waals surface area (Å²) in [5.74, 6) is 1.56. The summed E-state index contributed by atoms with van der Waals surface area (Å²) < 4.78 is 11.6. The number of aromatic nitrogens is 1. The van der Waals surface area contributed by atoms with Crippen molar-refractivity contribution in [3.8, 4) is 11.5 Å². The number of anilines is 1. The van der Waals surface area contributed by atoms with Gasteiger partial charge in [0.05, 0.1) is 5.69 Å². The molecule has 1 unspecified atom stereocenters. The van der Waals surface area contributed by atoms with Gasteiger partial charge in [-0.1, -0.05) is 18.2 Å². The standard InChI is InChI=1S/C14H14N2O2S.ClH/c1-2-7-15-14-16-10(9-19-14)13-8-17-11-5-3-4-6-12(11)18-13;/h2-6,9,13H,1,7-8H2,(H,15,16);1H. The number of nitrogens with one attached hydrogen (secondary N) is 1. The summed E-state index contributed by atoms with van der Waals surface area (Å²) in [5, 5.41) is 6.03. The first kappa shape index (κ1) is 14.7. The van der Waals surface area contributed by atoms with E-state index < -0.39 is 0 Å². The number of hydrogen-bond donors (Lipinski definition) is 1. The highest BCUT2D eigenvalue weighted by Crippen LogP contribution is 2.36. The molecule has 2 aromatic rings. The zero-order valence-corrected chi connectivity index (χ0v) is 12.4. The van der Waals surface area contributed by atoms with Crippen LogP contribution in [0, 0.1) is 0 Å². The molecule has 2 heterocycles. The van der Waals surface area contributed by atoms with Gasteiger partial charge in [0, 0.05) is 11.9 Å². The first-order valence-electron chi connectivity index (χ1n) is 6.05. The molecular formula is C14H15ClN2O2S. The Kier molecular flexibility index (Phi) is 4.87. The summed E-state index contributed by atoms with van der Waals surface area (Å²) in [6, 6.07) is 7.68. The van der Waals surface area contributed by atoms with E-state index in [4.69, 9.17) is 9.47 Å². The fraction of sp³-hybridized carbons (Fsp3) is 0.214. The normalized spacial score (nSPS) is 16.1. The van der Waals surface area contributed by atoms with Crippen molar-refractivity contribution >= 4 is 28.9 Å². The van der Waals surface area contributed by atoms with Gasteiger partial charge in [-0.15, -0.1) is 30.3 Å². The van der Waals surface area contributed by atoms with Crippen LogP contribution in [0.2, 0.25) is 0 Å². The maximum Gasteiger partial charge on any atom is 0.183 e. The molecule has 1 aromatic carbocycles. The molecule has 3 rings (SSSR count). The fourth-order valence-corrected chi connectivity index (χ4v) is 2.60. The van der Waals surface area contributed by atoms with Crippen LogP contribution in [-0.4, -0.2) is 18.1 Å². The Morgan fingerprint density at radius 3 is 3.00 bits per heavy atom. The van der Waals surface area contributed by atoms with E-state index in [2.05, 4.69) is 16.9 Å². The van der Waals surface area contributed by atoms with Crippen molar-refractivity contribution < 1.29 is 9.47 Å². The minimum absolute atomic E-state index is 0. The molecule has 0 saturated heterocycles. The van der Waals surface area contributed by atoms with Gasteiger partial charge in [0.15, 0.2) is 22.7 Å². The van der Waals surface area contributed by atoms with Crippen LogP contribution >= 0.6 is 23.7 Å². The minimum Gasteiger partial charge on any atom is -0.485 e. The molecule has 0 aliphatic carbocycles. The molecule has 0 spiro atoms. The summed E-state index contributed by atoms with van der Waals surface area (Å²) in [6.45, 7) is 4.86. The SMILES string of the molecule is C=CCNc1nc(C2COc3ccccc3O2)cs1.Cl. The first-order valence-corrected chi connectivity index (χ1v) is 6.93. The van der Waals surface area contributed by atoms with E-state index in [1.807, 2.05) is 29.6 Å². The highest BCUT2D eigenvalue weighted by molar-refractivity contribution is 7.13. The maximum atomic E-state index is 5.91. The van der Waals surface area contributed by atoms with E-state index in [0.29, 0.717) is 13.2 Å². The average Bonchev–Trinajstić information content (AvgIpc) is 2.93. The molecule has 0 bridgehead atoms. The van der Waals surface area contributed by atoms with E-state index in [0.717, 1.165) is 22.3 Å². The molecule has 0 amide bonds. The Morgan fingerprint density at radius 1 is 1.40 bits per heavy atom. The van der Waals surface area contributed by atoms with Gasteiger partial charge in [-0.25, -0.2) is 4.98 Å². The van der Waals surface area contributed by atoms with Gasteiger partial charge < -0.3 is 14.8 Å². The molecule has 0 saturated carbocycles. The third-order valence-corrected chi connectivity index (χ3v) is 3.58. The smallest absolute Gasteiger partial charge is 0.183 e. The third kappa shape index (κ3) is 3.05. The number of ether oxygens (including phenoxy) is 2. The van der Waals surface area contributed by atoms with Crippen LogP contribution in [0.15, 0.2) is 42.3 Å². The quantitative estimate of drug-likeness (QED) is 0.875. The van der Waals surface area contributed by atoms with Crippen LogP contribution < -0.4 is 14.8 Å². The molecule has 1 atom stereocenters. The lowest BCUT2D eigenvalue weighted by Gasteiger charge is -2.25. The Balaban J connectivity index is 0.00000147. The van der Waals surface area contributed by atoms with Crippen molar-refractivity contribution in [2.45, 2.75) is 6.10 Å². The van der Waals surface area contributed by atoms with Crippen molar-refractivity contribution in [3.05, 3.63) is 48.0 Å². The van der Waals surface area contributed by atoms with E-state index in [1.165, 1.54) is 0 Å². The molecule has 1 aromatic heterocycles. The first-order chi connectivity index (χ1) is 9.36. The maximum absolute atomic E-state index is 5.91. The van der Waals surface area contributed by atoms with Gasteiger partial charge in [-0.3, -0.25) is 0 Å². The number of nitrogens with zero attached hydrogens (tertiary/aromatic N) is 1. The zero-order valence-electron chi connectivity index (χ0n) is 10.7. The van der Waals surface area contributed by atoms with Gasteiger partial charge in [-0.05, 0) is 12.1 Å². The summed E-state index contributed by atoms with van der Waals surface area (Å²) in [4.78, 5) is 4.50. The van der Waals surface area contributed by atoms with Gasteiger partial charge in [-0.2, -0.15) is 0 Å². The van der Waals surface area contributed by atoms with E-state index in [-0.39, 0.29) is 18.5 Å². The second kappa shape index (κ2) is 6.63. The van der Waals surface area contributed by atoms with Crippen molar-refractivity contribution in [2.75, 3.05) is 18.5 Å². The van der Waals surface area contributed by atoms with Crippen LogP contribution in [0.1, 0.15) is 11.8 Å². The van der Waals surface area contributed by atoms with Crippen molar-refractivity contribution in [1.29, 1.82) is 0 Å². The molecule has 0 radical (unpaired) electrons. The molecule has 6 heteroatoms. The molecule has 1 aliphatic rings. The Labute approximate surface area is 127 Å². The monoisotopic (exact) mass is 310 g/mol. The minimum atomic E-state index is -0.148. The molecule has 4 nitrogen and oxygen atoms in total. The predicted molar refractivity (Wildman–Crippen MR) is 83.4 cm³/mol. The van der Waals surface area contributed by atoms with Crippen molar-refractivity contribution in [1.82, 2.24) is 4.98 Å². The number of fused-ring (bicyclic) bond motifs is 1. The number of benzene rings is 1. The van der Waals surface area contributed by atoms with Crippen LogP contribution in [-0.2, 0) is 0 Å². The van der Waals surface area contributed by atoms with Gasteiger partial charge in [0.1, 0.15) is 6.61 Å². The number of hydrogen-bond acceptors (Lipinski definition) is 5. The van der Waals surface area contributed by atoms with Crippen molar-refractivity contribution in [3.63, 3.8) is 0 Å². The molecule has 1 aliphatic heterocycles. The van der Waals surface area contributed by atoms with Crippen molar-refractivity contribution in [2.24, 2.45) is 0 Å². The van der Waals surface area contributed by atoms with E-state index in [9.17, 15) is 0 Å². The summed E-state index contributed by atoms with van der Waals surface area (Å²) in [6.07, 6.45) is 1.66. The van der Waals surface area contributed by atoms with E-state index in [1.54, 1.807) is 17.4 Å². The number of rotatable bonds is 4. The third-order valence-electron chi connectivity index (χ3n) is 2.76. The summed E-state index contributed by atoms with van der Waals surface area (Å²) in [5.41, 5.74) is 0.895. The molecule has 106 valence electrons. The van der Waals surface area contributed by atoms with Gasteiger partial charge in [0.25, 0.3) is 0 Å². The fourth-order valence-electron chi connectivity index (χ4n) is 1.84. The van der Waals surface area contributed by atoms with Crippen LogP contribution in [0.5, 0.6) is 11.5 Å². The highest BCUT2D eigenvalue weighted by atomic mass is 35.5. The zero-order chi connectivity index (χ0) is 13.1. The van der Waals surface area contributed by atoms with Crippen LogP contribution in [0.25, 0.3) is 0 Å². The number of halogens is 1. The van der Waals surface area contributed by atoms with Gasteiger partial charge >= 0.3 is 0 Å². The lowest BCUT2D eigenvalue weighted by molar-refractivity contribution is 0.0888. The second-order valence-corrected chi connectivity index (χ2v) is 4.97. The number of thiazole rings is 1. The molecular weight excluding hydrogens is 296 g/mol. The molecule has 20 heavy (non-hydrogen) atoms. The lowest BCUT2D eigenvalue weighted by atomic mass is 10.2. The summed E-state index contributed by atoms with van der Waals surface area (Å²) in [7, 11) is 0. The largest absolute Gasteiger partial charge is 0.485 e.